The molecule has 0 fully saturated rings. The van der Waals surface area contributed by atoms with Crippen LogP contribution in [0.1, 0.15) is 18.0 Å². The molecule has 2 nitrogen and oxygen atoms in total. The first-order valence-electron chi connectivity index (χ1n) is 6.99. The van der Waals surface area contributed by atoms with Crippen LogP contribution in [0.4, 0.5) is 0 Å². The molecule has 1 aliphatic carbocycles. The van der Waals surface area contributed by atoms with Crippen molar-refractivity contribution in [1.82, 2.24) is 9.97 Å². The number of fused-ring (bicyclic) bond motifs is 3. The number of rotatable bonds is 1. The van der Waals surface area contributed by atoms with Crippen LogP contribution in [0.25, 0.3) is 21.8 Å². The van der Waals surface area contributed by atoms with Gasteiger partial charge in [-0.1, -0.05) is 58.4 Å². The number of nitrogens with zero attached hydrogens (tertiary/aromatic N) is 2. The van der Waals surface area contributed by atoms with Gasteiger partial charge >= 0.3 is 0 Å². The van der Waals surface area contributed by atoms with Crippen LogP contribution in [-0.2, 0) is 0 Å². The van der Waals surface area contributed by atoms with Crippen molar-refractivity contribution in [2.75, 3.05) is 0 Å². The molecule has 2 heterocycles. The van der Waals surface area contributed by atoms with Gasteiger partial charge in [0.2, 0.25) is 0 Å². The fraction of sp³-hybridized carbons (Fsp3) is 0.111. The van der Waals surface area contributed by atoms with Gasteiger partial charge in [-0.15, -0.1) is 0 Å². The Hall–Kier alpha value is -2.00. The second-order valence-electron chi connectivity index (χ2n) is 5.24. The quantitative estimate of drug-likeness (QED) is 0.577. The van der Waals surface area contributed by atoms with Crippen LogP contribution in [0.5, 0.6) is 0 Å². The number of hydrogen-bond acceptors (Lipinski definition) is 2. The third kappa shape index (κ3) is 2.28. The van der Waals surface area contributed by atoms with Crippen LogP contribution < -0.4 is 0 Å². The van der Waals surface area contributed by atoms with E-state index in [9.17, 15) is 0 Å². The molecule has 102 valence electrons. The Morgan fingerprint density at radius 2 is 1.81 bits per heavy atom. The van der Waals surface area contributed by atoms with Crippen LogP contribution in [0.15, 0.2) is 65.3 Å². The molecule has 0 amide bonds. The summed E-state index contributed by atoms with van der Waals surface area (Å²) in [6.45, 7) is 0. The number of aromatic nitrogens is 2. The normalized spacial score (nSPS) is 18.1. The average molecular weight is 337 g/mol. The molecule has 1 unspecified atom stereocenters. The second-order valence-corrected chi connectivity index (χ2v) is 6.15. The SMILES string of the molecule is BrC1=CCC(c2ccc3ccc4cccnc4c3n2)C=C1. The molecule has 0 saturated carbocycles. The monoisotopic (exact) mass is 336 g/mol. The Kier molecular flexibility index (Phi) is 3.08. The molecule has 0 N–H and O–H groups in total. The van der Waals surface area contributed by atoms with Crippen molar-refractivity contribution < 1.29 is 0 Å². The van der Waals surface area contributed by atoms with E-state index in [1.807, 2.05) is 12.3 Å². The summed E-state index contributed by atoms with van der Waals surface area (Å²) in [6.07, 6.45) is 9.31. The summed E-state index contributed by atoms with van der Waals surface area (Å²) in [5, 5.41) is 2.28. The molecule has 4 rings (SSSR count). The first-order chi connectivity index (χ1) is 10.3. The van der Waals surface area contributed by atoms with E-state index in [-0.39, 0.29) is 0 Å². The zero-order valence-corrected chi connectivity index (χ0v) is 12.9. The summed E-state index contributed by atoms with van der Waals surface area (Å²) in [6, 6.07) is 12.5. The van der Waals surface area contributed by atoms with Gasteiger partial charge in [-0.3, -0.25) is 4.98 Å². The van der Waals surface area contributed by atoms with E-state index in [1.54, 1.807) is 0 Å². The lowest BCUT2D eigenvalue weighted by molar-refractivity contribution is 0.821. The molecule has 0 spiro atoms. The van der Waals surface area contributed by atoms with E-state index >= 15 is 0 Å². The summed E-state index contributed by atoms with van der Waals surface area (Å²) in [5.74, 6) is 0.342. The third-order valence-electron chi connectivity index (χ3n) is 3.89. The van der Waals surface area contributed by atoms with Crippen molar-refractivity contribution in [2.45, 2.75) is 12.3 Å². The maximum Gasteiger partial charge on any atom is 0.0968 e. The predicted molar refractivity (Wildman–Crippen MR) is 90.6 cm³/mol. The molecule has 21 heavy (non-hydrogen) atoms. The van der Waals surface area contributed by atoms with Gasteiger partial charge in [0.25, 0.3) is 0 Å². The largest absolute Gasteiger partial charge is 0.254 e. The average Bonchev–Trinajstić information content (AvgIpc) is 2.55. The first-order valence-corrected chi connectivity index (χ1v) is 7.79. The molecule has 1 aromatic carbocycles. The Bertz CT molecular complexity index is 896. The van der Waals surface area contributed by atoms with Gasteiger partial charge in [0.15, 0.2) is 0 Å². The van der Waals surface area contributed by atoms with Crippen LogP contribution in [0.3, 0.4) is 0 Å². The first kappa shape index (κ1) is 12.7. The maximum absolute atomic E-state index is 4.89. The van der Waals surface area contributed by atoms with E-state index in [4.69, 9.17) is 4.98 Å². The molecule has 0 bridgehead atoms. The van der Waals surface area contributed by atoms with Crippen LogP contribution in [0.2, 0.25) is 0 Å². The second kappa shape index (κ2) is 5.08. The predicted octanol–water partition coefficient (Wildman–Crippen LogP) is 5.11. The molecule has 2 aromatic heterocycles. The molecule has 1 atom stereocenters. The Morgan fingerprint density at radius 3 is 2.62 bits per heavy atom. The number of halogens is 1. The highest BCUT2D eigenvalue weighted by Gasteiger charge is 2.13. The van der Waals surface area contributed by atoms with Crippen molar-refractivity contribution >= 4 is 37.7 Å². The highest BCUT2D eigenvalue weighted by atomic mass is 79.9. The standard InChI is InChI=1S/C18H13BrN2/c19-15-8-5-12(6-9-15)16-10-7-14-4-3-13-2-1-11-20-17(13)18(14)21-16/h1-5,7-12H,6H2. The fourth-order valence-corrected chi connectivity index (χ4v) is 3.10. The van der Waals surface area contributed by atoms with Crippen molar-refractivity contribution in [3.05, 3.63) is 71.0 Å². The molecule has 0 aliphatic heterocycles. The van der Waals surface area contributed by atoms with E-state index in [1.165, 1.54) is 0 Å². The highest BCUT2D eigenvalue weighted by molar-refractivity contribution is 9.11. The topological polar surface area (TPSA) is 25.8 Å². The van der Waals surface area contributed by atoms with E-state index in [2.05, 4.69) is 69.5 Å². The Labute approximate surface area is 131 Å². The van der Waals surface area contributed by atoms with Crippen LogP contribution in [0, 0.1) is 0 Å². The molecular formula is C18H13BrN2. The van der Waals surface area contributed by atoms with E-state index < -0.39 is 0 Å². The molecule has 1 aliphatic rings. The summed E-state index contributed by atoms with van der Waals surface area (Å²) >= 11 is 3.50. The molecule has 0 saturated heterocycles. The molecule has 0 radical (unpaired) electrons. The zero-order chi connectivity index (χ0) is 14.2. The maximum atomic E-state index is 4.89. The van der Waals surface area contributed by atoms with Gasteiger partial charge in [-0.05, 0) is 18.6 Å². The lowest BCUT2D eigenvalue weighted by Gasteiger charge is -2.14. The highest BCUT2D eigenvalue weighted by Crippen LogP contribution is 2.30. The zero-order valence-electron chi connectivity index (χ0n) is 11.3. The van der Waals surface area contributed by atoms with Gasteiger partial charge in [-0.2, -0.15) is 0 Å². The summed E-state index contributed by atoms with van der Waals surface area (Å²) in [5.41, 5.74) is 3.08. The summed E-state index contributed by atoms with van der Waals surface area (Å²) in [7, 11) is 0. The number of hydrogen-bond donors (Lipinski definition) is 0. The van der Waals surface area contributed by atoms with Crippen LogP contribution in [-0.4, -0.2) is 9.97 Å². The minimum absolute atomic E-state index is 0.342. The summed E-state index contributed by atoms with van der Waals surface area (Å²) in [4.78, 5) is 9.40. The van der Waals surface area contributed by atoms with Crippen molar-refractivity contribution in [1.29, 1.82) is 0 Å². The number of benzene rings is 1. The molecule has 3 heteroatoms. The van der Waals surface area contributed by atoms with Crippen molar-refractivity contribution in [2.24, 2.45) is 0 Å². The molecule has 3 aromatic rings. The van der Waals surface area contributed by atoms with Gasteiger partial charge in [0, 0.05) is 33.1 Å². The van der Waals surface area contributed by atoms with E-state index in [0.717, 1.165) is 38.4 Å². The summed E-state index contributed by atoms with van der Waals surface area (Å²) < 4.78 is 1.15. The minimum Gasteiger partial charge on any atom is -0.254 e. The Morgan fingerprint density at radius 1 is 1.00 bits per heavy atom. The van der Waals surface area contributed by atoms with Crippen molar-refractivity contribution in [3.63, 3.8) is 0 Å². The molecular weight excluding hydrogens is 324 g/mol. The fourth-order valence-electron chi connectivity index (χ4n) is 2.76. The lowest BCUT2D eigenvalue weighted by atomic mass is 9.96. The lowest BCUT2D eigenvalue weighted by Crippen LogP contribution is -2.00. The minimum atomic E-state index is 0.342. The smallest absolute Gasteiger partial charge is 0.0968 e. The third-order valence-corrected chi connectivity index (χ3v) is 4.48. The number of allylic oxidation sites excluding steroid dienone is 4. The van der Waals surface area contributed by atoms with Gasteiger partial charge in [0.1, 0.15) is 0 Å². The van der Waals surface area contributed by atoms with Crippen molar-refractivity contribution in [3.8, 4) is 0 Å². The van der Waals surface area contributed by atoms with Gasteiger partial charge in [-0.25, -0.2) is 4.98 Å². The van der Waals surface area contributed by atoms with Gasteiger partial charge in [0.05, 0.1) is 11.0 Å². The number of pyridine rings is 2. The Balaban J connectivity index is 1.89. The van der Waals surface area contributed by atoms with E-state index in [0.29, 0.717) is 5.92 Å². The van der Waals surface area contributed by atoms with Gasteiger partial charge < -0.3 is 0 Å². The van der Waals surface area contributed by atoms with Crippen LogP contribution >= 0.6 is 15.9 Å².